The molecule has 1 aromatic carbocycles. The number of hydrogen-bond acceptors (Lipinski definition) is 2. The Bertz CT molecular complexity index is 362. The highest BCUT2D eigenvalue weighted by Crippen LogP contribution is 2.18. The fraction of sp³-hybridized carbons (Fsp3) is 0.500. The Morgan fingerprint density at radius 1 is 1.44 bits per heavy atom. The van der Waals surface area contributed by atoms with Gasteiger partial charge >= 0.3 is 0 Å². The number of halogens is 2. The summed E-state index contributed by atoms with van der Waals surface area (Å²) in [4.78, 5) is 0. The molecule has 1 aliphatic rings. The van der Waals surface area contributed by atoms with Crippen molar-refractivity contribution in [1.82, 2.24) is 10.6 Å². The lowest BCUT2D eigenvalue weighted by molar-refractivity contribution is 0.459. The van der Waals surface area contributed by atoms with Gasteiger partial charge in [0, 0.05) is 30.3 Å². The Hall–Kier alpha value is -1.00. The second-order valence-corrected chi connectivity index (χ2v) is 4.24. The van der Waals surface area contributed by atoms with Crippen molar-refractivity contribution in [1.29, 1.82) is 0 Å². The second kappa shape index (κ2) is 4.89. The van der Waals surface area contributed by atoms with Gasteiger partial charge in [0.1, 0.15) is 11.6 Å². The third-order valence-electron chi connectivity index (χ3n) is 2.98. The zero-order valence-electron chi connectivity index (χ0n) is 9.26. The van der Waals surface area contributed by atoms with Gasteiger partial charge in [-0.1, -0.05) is 6.07 Å². The largest absolute Gasteiger partial charge is 0.315 e. The third-order valence-corrected chi connectivity index (χ3v) is 2.98. The van der Waals surface area contributed by atoms with E-state index in [4.69, 9.17) is 0 Å². The lowest BCUT2D eigenvalue weighted by Crippen LogP contribution is -2.33. The maximum absolute atomic E-state index is 13.5. The van der Waals surface area contributed by atoms with Gasteiger partial charge in [0.2, 0.25) is 0 Å². The van der Waals surface area contributed by atoms with Crippen molar-refractivity contribution in [2.45, 2.75) is 25.4 Å². The van der Waals surface area contributed by atoms with Crippen LogP contribution in [0.25, 0.3) is 0 Å². The van der Waals surface area contributed by atoms with Crippen molar-refractivity contribution in [3.05, 3.63) is 35.4 Å². The Kier molecular flexibility index (Phi) is 3.51. The van der Waals surface area contributed by atoms with Crippen LogP contribution < -0.4 is 10.6 Å². The first-order chi connectivity index (χ1) is 7.66. The Balaban J connectivity index is 2.04. The lowest BCUT2D eigenvalue weighted by Gasteiger charge is -2.19. The molecule has 2 rings (SSSR count). The molecular formula is C12H16F2N2. The standard InChI is InChI=1S/C12H16F2N2/c1-8(16-10-4-5-15-7-10)11-3-2-9(13)6-12(11)14/h2-3,6,8,10,15-16H,4-5,7H2,1H3. The second-order valence-electron chi connectivity index (χ2n) is 4.24. The van der Waals surface area contributed by atoms with E-state index in [1.54, 1.807) is 0 Å². The predicted molar refractivity (Wildman–Crippen MR) is 59.2 cm³/mol. The monoisotopic (exact) mass is 226 g/mol. The topological polar surface area (TPSA) is 24.1 Å². The van der Waals surface area contributed by atoms with Crippen LogP contribution in [0.15, 0.2) is 18.2 Å². The zero-order valence-corrected chi connectivity index (χ0v) is 9.26. The number of benzene rings is 1. The quantitative estimate of drug-likeness (QED) is 0.823. The summed E-state index contributed by atoms with van der Waals surface area (Å²) >= 11 is 0. The average molecular weight is 226 g/mol. The van der Waals surface area contributed by atoms with Gasteiger partial charge in [0.25, 0.3) is 0 Å². The molecule has 0 bridgehead atoms. The van der Waals surface area contributed by atoms with Gasteiger partial charge < -0.3 is 10.6 Å². The molecule has 1 saturated heterocycles. The average Bonchev–Trinajstić information content (AvgIpc) is 2.70. The minimum Gasteiger partial charge on any atom is -0.315 e. The van der Waals surface area contributed by atoms with Crippen molar-refractivity contribution in [2.24, 2.45) is 0 Å². The third kappa shape index (κ3) is 2.57. The molecule has 1 heterocycles. The van der Waals surface area contributed by atoms with Gasteiger partial charge in [0.05, 0.1) is 0 Å². The van der Waals surface area contributed by atoms with E-state index in [-0.39, 0.29) is 6.04 Å². The summed E-state index contributed by atoms with van der Waals surface area (Å²) in [6.45, 7) is 3.80. The Labute approximate surface area is 94.0 Å². The van der Waals surface area contributed by atoms with Crippen LogP contribution in [0.5, 0.6) is 0 Å². The minimum atomic E-state index is -0.531. The molecule has 2 nitrogen and oxygen atoms in total. The van der Waals surface area contributed by atoms with Crippen molar-refractivity contribution in [2.75, 3.05) is 13.1 Å². The molecule has 1 aliphatic heterocycles. The van der Waals surface area contributed by atoms with Crippen LogP contribution in [-0.4, -0.2) is 19.1 Å². The molecule has 1 aromatic rings. The van der Waals surface area contributed by atoms with E-state index in [0.717, 1.165) is 25.6 Å². The van der Waals surface area contributed by atoms with Gasteiger partial charge in [-0.25, -0.2) is 8.78 Å². The first-order valence-electron chi connectivity index (χ1n) is 5.58. The van der Waals surface area contributed by atoms with Crippen LogP contribution in [0.2, 0.25) is 0 Å². The van der Waals surface area contributed by atoms with Gasteiger partial charge in [-0.3, -0.25) is 0 Å². The number of hydrogen-bond donors (Lipinski definition) is 2. The van der Waals surface area contributed by atoms with Crippen molar-refractivity contribution in [3.63, 3.8) is 0 Å². The van der Waals surface area contributed by atoms with Crippen LogP contribution in [0, 0.1) is 11.6 Å². The molecule has 0 aromatic heterocycles. The molecule has 0 radical (unpaired) electrons. The summed E-state index contributed by atoms with van der Waals surface area (Å²) in [7, 11) is 0. The number of nitrogens with one attached hydrogen (secondary N) is 2. The fourth-order valence-electron chi connectivity index (χ4n) is 2.09. The zero-order chi connectivity index (χ0) is 11.5. The van der Waals surface area contributed by atoms with Crippen LogP contribution >= 0.6 is 0 Å². The molecule has 2 N–H and O–H groups in total. The van der Waals surface area contributed by atoms with Gasteiger partial charge in [-0.05, 0) is 26.0 Å². The van der Waals surface area contributed by atoms with Gasteiger partial charge in [-0.2, -0.15) is 0 Å². The highest BCUT2D eigenvalue weighted by molar-refractivity contribution is 5.21. The molecule has 2 atom stereocenters. The van der Waals surface area contributed by atoms with Crippen LogP contribution in [0.4, 0.5) is 8.78 Å². The first kappa shape index (κ1) is 11.5. The molecule has 0 spiro atoms. The van der Waals surface area contributed by atoms with Gasteiger partial charge in [0.15, 0.2) is 0 Å². The van der Waals surface area contributed by atoms with Crippen molar-refractivity contribution in [3.8, 4) is 0 Å². The SMILES string of the molecule is CC(NC1CCNC1)c1ccc(F)cc1F. The lowest BCUT2D eigenvalue weighted by atomic mass is 10.1. The van der Waals surface area contributed by atoms with E-state index in [0.29, 0.717) is 11.6 Å². The summed E-state index contributed by atoms with van der Waals surface area (Å²) < 4.78 is 26.2. The summed E-state index contributed by atoms with van der Waals surface area (Å²) in [5.74, 6) is -1.01. The summed E-state index contributed by atoms with van der Waals surface area (Å²) in [6, 6.07) is 4.01. The molecule has 2 unspecified atom stereocenters. The van der Waals surface area contributed by atoms with E-state index in [1.165, 1.54) is 12.1 Å². The smallest absolute Gasteiger partial charge is 0.130 e. The summed E-state index contributed by atoms with van der Waals surface area (Å²) in [5, 5.41) is 6.57. The molecular weight excluding hydrogens is 210 g/mol. The molecule has 4 heteroatoms. The van der Waals surface area contributed by atoms with E-state index in [1.807, 2.05) is 6.92 Å². The fourth-order valence-corrected chi connectivity index (χ4v) is 2.09. The normalized spacial score (nSPS) is 22.3. The van der Waals surface area contributed by atoms with Crippen molar-refractivity contribution < 1.29 is 8.78 Å². The Morgan fingerprint density at radius 2 is 2.25 bits per heavy atom. The van der Waals surface area contributed by atoms with E-state index in [2.05, 4.69) is 10.6 Å². The van der Waals surface area contributed by atoms with Crippen molar-refractivity contribution >= 4 is 0 Å². The van der Waals surface area contributed by atoms with Gasteiger partial charge in [-0.15, -0.1) is 0 Å². The predicted octanol–water partition coefficient (Wildman–Crippen LogP) is 1.98. The maximum Gasteiger partial charge on any atom is 0.130 e. The molecule has 16 heavy (non-hydrogen) atoms. The van der Waals surface area contributed by atoms with E-state index < -0.39 is 11.6 Å². The molecule has 1 fully saturated rings. The summed E-state index contributed by atoms with van der Waals surface area (Å²) in [6.07, 6.45) is 1.05. The minimum absolute atomic E-state index is 0.0921. The molecule has 0 saturated carbocycles. The summed E-state index contributed by atoms with van der Waals surface area (Å²) in [5.41, 5.74) is 0.522. The van der Waals surface area contributed by atoms with Crippen LogP contribution in [0.3, 0.4) is 0 Å². The highest BCUT2D eigenvalue weighted by Gasteiger charge is 2.19. The molecule has 88 valence electrons. The van der Waals surface area contributed by atoms with Crippen LogP contribution in [0.1, 0.15) is 24.9 Å². The number of rotatable bonds is 3. The Morgan fingerprint density at radius 3 is 2.88 bits per heavy atom. The maximum atomic E-state index is 13.5. The van der Waals surface area contributed by atoms with Crippen LogP contribution in [-0.2, 0) is 0 Å². The highest BCUT2D eigenvalue weighted by atomic mass is 19.1. The molecule has 0 aliphatic carbocycles. The first-order valence-corrected chi connectivity index (χ1v) is 5.58. The molecule has 0 amide bonds. The van der Waals surface area contributed by atoms with E-state index >= 15 is 0 Å². The van der Waals surface area contributed by atoms with E-state index in [9.17, 15) is 8.78 Å².